The zero-order valence-electron chi connectivity index (χ0n) is 21.4. The van der Waals surface area contributed by atoms with Crippen LogP contribution >= 0.6 is 11.6 Å². The van der Waals surface area contributed by atoms with Crippen molar-refractivity contribution in [2.75, 3.05) is 17.9 Å². The summed E-state index contributed by atoms with van der Waals surface area (Å²) in [7, 11) is -2.60. The second kappa shape index (κ2) is 12.3. The molecule has 0 aromatic heterocycles. The third-order valence-electron chi connectivity index (χ3n) is 6.39. The fourth-order valence-electron chi connectivity index (χ4n) is 4.14. The molecule has 196 valence electrons. The van der Waals surface area contributed by atoms with Crippen molar-refractivity contribution in [3.63, 3.8) is 0 Å². The minimum atomic E-state index is -4.10. The van der Waals surface area contributed by atoms with E-state index in [1.54, 1.807) is 61.5 Å². The Balaban J connectivity index is 2.11. The van der Waals surface area contributed by atoms with Gasteiger partial charge in [-0.3, -0.25) is 13.9 Å². The Morgan fingerprint density at radius 1 is 0.946 bits per heavy atom. The maximum absolute atomic E-state index is 13.9. The highest BCUT2D eigenvalue weighted by molar-refractivity contribution is 7.92. The van der Waals surface area contributed by atoms with Gasteiger partial charge in [0.2, 0.25) is 11.8 Å². The molecule has 7 nitrogen and oxygen atoms in total. The molecule has 0 fully saturated rings. The summed E-state index contributed by atoms with van der Waals surface area (Å²) in [5, 5.41) is 3.07. The Kier molecular flexibility index (Phi) is 9.34. The van der Waals surface area contributed by atoms with Crippen LogP contribution in [0.5, 0.6) is 0 Å². The summed E-state index contributed by atoms with van der Waals surface area (Å²) in [4.78, 5) is 28.2. The molecule has 2 amide bonds. The SMILES string of the molecule is CC[C@@H](C(=O)NC)N(Cc1ccccc1Cl)C(=O)CN(c1cccc(C)c1C)S(=O)(=O)c1ccccc1. The molecule has 0 aliphatic carbocycles. The Hall–Kier alpha value is -3.36. The molecular formula is C28H32ClN3O4S. The molecule has 3 rings (SSSR count). The number of hydrogen-bond donors (Lipinski definition) is 1. The van der Waals surface area contributed by atoms with E-state index in [0.29, 0.717) is 22.7 Å². The molecule has 0 radical (unpaired) electrons. The van der Waals surface area contributed by atoms with Gasteiger partial charge in [-0.2, -0.15) is 0 Å². The fourth-order valence-corrected chi connectivity index (χ4v) is 5.82. The van der Waals surface area contributed by atoms with E-state index in [2.05, 4.69) is 5.32 Å². The number of benzene rings is 3. The van der Waals surface area contributed by atoms with Crippen LogP contribution in [0.3, 0.4) is 0 Å². The number of halogens is 1. The minimum absolute atomic E-state index is 0.0520. The van der Waals surface area contributed by atoms with Crippen LogP contribution in [0, 0.1) is 13.8 Å². The molecule has 0 heterocycles. The lowest BCUT2D eigenvalue weighted by Gasteiger charge is -2.33. The third kappa shape index (κ3) is 6.32. The molecule has 0 spiro atoms. The van der Waals surface area contributed by atoms with Gasteiger partial charge in [0, 0.05) is 18.6 Å². The standard InChI is InChI=1S/C28H32ClN3O4S/c1-5-25(28(34)30-4)31(18-22-13-9-10-16-24(22)29)27(33)19-32(26-17-11-12-20(2)21(26)3)37(35,36)23-14-7-6-8-15-23/h6-17,25H,5,18-19H2,1-4H3,(H,30,34)/t25-/m0/s1. The molecule has 37 heavy (non-hydrogen) atoms. The monoisotopic (exact) mass is 541 g/mol. The summed E-state index contributed by atoms with van der Waals surface area (Å²) >= 11 is 6.38. The molecular weight excluding hydrogens is 510 g/mol. The van der Waals surface area contributed by atoms with E-state index in [-0.39, 0.29) is 17.3 Å². The first-order valence-corrected chi connectivity index (χ1v) is 13.8. The molecule has 3 aromatic rings. The summed E-state index contributed by atoms with van der Waals surface area (Å²) in [6.07, 6.45) is 0.338. The van der Waals surface area contributed by atoms with Gasteiger partial charge in [-0.05, 0) is 61.2 Å². The van der Waals surface area contributed by atoms with E-state index < -0.39 is 28.5 Å². The summed E-state index contributed by atoms with van der Waals surface area (Å²) in [6.45, 7) is 5.08. The van der Waals surface area contributed by atoms with Crippen LogP contribution in [-0.4, -0.2) is 44.8 Å². The topological polar surface area (TPSA) is 86.8 Å². The number of nitrogens with one attached hydrogen (secondary N) is 1. The summed E-state index contributed by atoms with van der Waals surface area (Å²) in [5.41, 5.74) is 2.70. The smallest absolute Gasteiger partial charge is 0.264 e. The number of amides is 2. The number of carbonyl (C=O) groups is 2. The second-order valence-corrected chi connectivity index (χ2v) is 11.0. The average molecular weight is 542 g/mol. The summed E-state index contributed by atoms with van der Waals surface area (Å²) in [5.74, 6) is -0.858. The maximum atomic E-state index is 13.9. The first-order valence-electron chi connectivity index (χ1n) is 12.0. The highest BCUT2D eigenvalue weighted by atomic mass is 35.5. The summed E-state index contributed by atoms with van der Waals surface area (Å²) in [6, 6.07) is 19.6. The van der Waals surface area contributed by atoms with Gasteiger partial charge in [0.1, 0.15) is 12.6 Å². The molecule has 0 saturated carbocycles. The van der Waals surface area contributed by atoms with Crippen molar-refractivity contribution in [1.29, 1.82) is 0 Å². The Labute approximate surface area is 224 Å². The van der Waals surface area contributed by atoms with Crippen molar-refractivity contribution in [3.05, 3.63) is 94.5 Å². The Morgan fingerprint density at radius 3 is 2.22 bits per heavy atom. The van der Waals surface area contributed by atoms with E-state index in [0.717, 1.165) is 15.4 Å². The zero-order valence-corrected chi connectivity index (χ0v) is 23.0. The molecule has 9 heteroatoms. The van der Waals surface area contributed by atoms with Crippen LogP contribution in [0.25, 0.3) is 0 Å². The maximum Gasteiger partial charge on any atom is 0.264 e. The van der Waals surface area contributed by atoms with Gasteiger partial charge >= 0.3 is 0 Å². The molecule has 0 aliphatic heterocycles. The van der Waals surface area contributed by atoms with Crippen molar-refractivity contribution in [1.82, 2.24) is 10.2 Å². The van der Waals surface area contributed by atoms with E-state index >= 15 is 0 Å². The number of sulfonamides is 1. The minimum Gasteiger partial charge on any atom is -0.357 e. The van der Waals surface area contributed by atoms with Crippen LogP contribution < -0.4 is 9.62 Å². The van der Waals surface area contributed by atoms with Gasteiger partial charge in [0.15, 0.2) is 0 Å². The van der Waals surface area contributed by atoms with Gasteiger partial charge in [-0.15, -0.1) is 0 Å². The second-order valence-electron chi connectivity index (χ2n) is 8.70. The van der Waals surface area contributed by atoms with Crippen LogP contribution in [-0.2, 0) is 26.2 Å². The molecule has 3 aromatic carbocycles. The van der Waals surface area contributed by atoms with Gasteiger partial charge < -0.3 is 10.2 Å². The van der Waals surface area contributed by atoms with E-state index in [4.69, 9.17) is 11.6 Å². The zero-order chi connectivity index (χ0) is 27.2. The van der Waals surface area contributed by atoms with Gasteiger partial charge in [0.25, 0.3) is 10.0 Å². The van der Waals surface area contributed by atoms with Crippen molar-refractivity contribution in [2.24, 2.45) is 0 Å². The summed E-state index contributed by atoms with van der Waals surface area (Å²) < 4.78 is 28.8. The molecule has 0 saturated heterocycles. The first-order chi connectivity index (χ1) is 17.6. The van der Waals surface area contributed by atoms with Crippen LogP contribution in [0.4, 0.5) is 5.69 Å². The fraction of sp³-hybridized carbons (Fsp3) is 0.286. The Bertz CT molecular complexity index is 1360. The number of hydrogen-bond acceptors (Lipinski definition) is 4. The van der Waals surface area contributed by atoms with Crippen LogP contribution in [0.15, 0.2) is 77.7 Å². The predicted octanol–water partition coefficient (Wildman–Crippen LogP) is 4.71. The van der Waals surface area contributed by atoms with E-state index in [1.165, 1.54) is 24.1 Å². The van der Waals surface area contributed by atoms with Gasteiger partial charge in [-0.25, -0.2) is 8.42 Å². The van der Waals surface area contributed by atoms with Gasteiger partial charge in [0.05, 0.1) is 10.6 Å². The lowest BCUT2D eigenvalue weighted by atomic mass is 10.1. The average Bonchev–Trinajstić information content (AvgIpc) is 2.90. The van der Waals surface area contributed by atoms with Crippen LogP contribution in [0.1, 0.15) is 30.0 Å². The lowest BCUT2D eigenvalue weighted by Crippen LogP contribution is -2.51. The number of nitrogens with zero attached hydrogens (tertiary/aromatic N) is 2. The van der Waals surface area contributed by atoms with Crippen molar-refractivity contribution in [2.45, 2.75) is 44.7 Å². The van der Waals surface area contributed by atoms with Crippen LogP contribution in [0.2, 0.25) is 5.02 Å². The molecule has 1 N–H and O–H groups in total. The lowest BCUT2D eigenvalue weighted by molar-refractivity contribution is -0.140. The molecule has 0 bridgehead atoms. The largest absolute Gasteiger partial charge is 0.357 e. The normalized spacial score (nSPS) is 12.0. The number of anilines is 1. The number of aryl methyl sites for hydroxylation is 1. The van der Waals surface area contributed by atoms with E-state index in [9.17, 15) is 18.0 Å². The number of carbonyl (C=O) groups excluding carboxylic acids is 2. The number of likely N-dealkylation sites (N-methyl/N-ethyl adjacent to an activating group) is 1. The molecule has 0 aliphatic rings. The highest BCUT2D eigenvalue weighted by Gasteiger charge is 2.34. The molecule has 1 atom stereocenters. The first kappa shape index (κ1) is 28.2. The van der Waals surface area contributed by atoms with Gasteiger partial charge in [-0.1, -0.05) is 67.1 Å². The van der Waals surface area contributed by atoms with E-state index in [1.807, 2.05) is 19.9 Å². The van der Waals surface area contributed by atoms with Crippen molar-refractivity contribution < 1.29 is 18.0 Å². The number of rotatable bonds is 10. The highest BCUT2D eigenvalue weighted by Crippen LogP contribution is 2.29. The van der Waals surface area contributed by atoms with Crippen molar-refractivity contribution in [3.8, 4) is 0 Å². The Morgan fingerprint density at radius 2 is 1.59 bits per heavy atom. The van der Waals surface area contributed by atoms with Crippen molar-refractivity contribution >= 4 is 39.1 Å². The predicted molar refractivity (Wildman–Crippen MR) is 147 cm³/mol. The quantitative estimate of drug-likeness (QED) is 0.403. The third-order valence-corrected chi connectivity index (χ3v) is 8.53. The molecule has 0 unspecified atom stereocenters.